The number of hydrogen-bond acceptors (Lipinski definition) is 3. The van der Waals surface area contributed by atoms with Gasteiger partial charge in [0.1, 0.15) is 0 Å². The Morgan fingerprint density at radius 2 is 1.94 bits per heavy atom. The number of unbranched alkanes of at least 4 members (excludes halogenated alkanes) is 1. The minimum absolute atomic E-state index is 0.388. The molecule has 0 atom stereocenters. The van der Waals surface area contributed by atoms with Gasteiger partial charge in [0.05, 0.1) is 19.5 Å². The number of rotatable bonds is 7. The zero-order valence-corrected chi connectivity index (χ0v) is 9.72. The van der Waals surface area contributed by atoms with E-state index in [2.05, 4.69) is 11.9 Å². The van der Waals surface area contributed by atoms with Crippen molar-refractivity contribution in [3.05, 3.63) is 43.2 Å². The molecule has 0 fully saturated rings. The van der Waals surface area contributed by atoms with Gasteiger partial charge in [0, 0.05) is 5.69 Å². The van der Waals surface area contributed by atoms with Crippen molar-refractivity contribution in [1.82, 2.24) is 0 Å². The van der Waals surface area contributed by atoms with Crippen LogP contribution < -0.4 is 5.32 Å². The summed E-state index contributed by atoms with van der Waals surface area (Å²) in [6.07, 6.45) is 2.59. The van der Waals surface area contributed by atoms with Crippen LogP contribution in [0.1, 0.15) is 12.8 Å². The summed E-state index contributed by atoms with van der Waals surface area (Å²) in [5, 5.41) is 2.64. The Labute approximate surface area is 101 Å². The van der Waals surface area contributed by atoms with Crippen molar-refractivity contribution in [2.75, 3.05) is 18.5 Å². The van der Waals surface area contributed by atoms with Gasteiger partial charge in [-0.15, -0.1) is 0 Å². The average molecular weight is 235 g/mol. The first-order valence-electron chi connectivity index (χ1n) is 5.54. The van der Waals surface area contributed by atoms with Gasteiger partial charge in [0.2, 0.25) is 0 Å². The number of para-hydroxylation sites is 1. The molecule has 17 heavy (non-hydrogen) atoms. The summed E-state index contributed by atoms with van der Waals surface area (Å²) in [5.74, 6) is 0. The highest BCUT2D eigenvalue weighted by Crippen LogP contribution is 2.05. The second-order valence-electron chi connectivity index (χ2n) is 3.37. The molecule has 1 amide bonds. The Balaban J connectivity index is 2.07. The monoisotopic (exact) mass is 235 g/mol. The first-order chi connectivity index (χ1) is 8.33. The lowest BCUT2D eigenvalue weighted by Gasteiger charge is -2.06. The van der Waals surface area contributed by atoms with Crippen molar-refractivity contribution in [2.24, 2.45) is 0 Å². The highest BCUT2D eigenvalue weighted by atomic mass is 16.5. The van der Waals surface area contributed by atoms with Gasteiger partial charge in [-0.05, 0) is 25.0 Å². The van der Waals surface area contributed by atoms with E-state index >= 15 is 0 Å². The third kappa shape index (κ3) is 6.25. The molecule has 1 aromatic rings. The third-order valence-corrected chi connectivity index (χ3v) is 2.03. The lowest BCUT2D eigenvalue weighted by Crippen LogP contribution is -2.14. The maximum atomic E-state index is 11.3. The molecule has 92 valence electrons. The minimum Gasteiger partial charge on any atom is -0.502 e. The number of carbonyl (C=O) groups is 1. The van der Waals surface area contributed by atoms with Crippen LogP contribution >= 0.6 is 0 Å². The Bertz CT molecular complexity index is 338. The number of amides is 1. The van der Waals surface area contributed by atoms with Gasteiger partial charge in [-0.1, -0.05) is 24.8 Å². The number of anilines is 1. The van der Waals surface area contributed by atoms with Gasteiger partial charge in [0.15, 0.2) is 0 Å². The van der Waals surface area contributed by atoms with Crippen LogP contribution in [0.2, 0.25) is 0 Å². The summed E-state index contributed by atoms with van der Waals surface area (Å²) >= 11 is 0. The van der Waals surface area contributed by atoms with E-state index in [4.69, 9.17) is 9.47 Å². The quantitative estimate of drug-likeness (QED) is 0.583. The average Bonchev–Trinajstić information content (AvgIpc) is 2.35. The molecule has 1 N–H and O–H groups in total. The molecule has 0 heterocycles. The minimum atomic E-state index is -0.430. The number of benzene rings is 1. The van der Waals surface area contributed by atoms with Crippen LogP contribution in [0, 0.1) is 0 Å². The van der Waals surface area contributed by atoms with Crippen LogP contribution in [0.15, 0.2) is 43.2 Å². The number of hydrogen-bond donors (Lipinski definition) is 1. The molecular weight excluding hydrogens is 218 g/mol. The molecule has 0 radical (unpaired) electrons. The highest BCUT2D eigenvalue weighted by molar-refractivity contribution is 5.84. The molecule has 0 aliphatic rings. The highest BCUT2D eigenvalue weighted by Gasteiger charge is 2.01. The molecule has 0 saturated heterocycles. The Morgan fingerprint density at radius 1 is 1.24 bits per heavy atom. The number of ether oxygens (including phenoxy) is 2. The van der Waals surface area contributed by atoms with Gasteiger partial charge in [-0.25, -0.2) is 4.79 Å². The topological polar surface area (TPSA) is 47.6 Å². The maximum Gasteiger partial charge on any atom is 0.411 e. The first-order valence-corrected chi connectivity index (χ1v) is 5.54. The molecule has 0 bridgehead atoms. The number of nitrogens with one attached hydrogen (secondary N) is 1. The molecule has 0 aliphatic heterocycles. The lowest BCUT2D eigenvalue weighted by atomic mass is 10.3. The van der Waals surface area contributed by atoms with E-state index in [1.165, 1.54) is 6.26 Å². The summed E-state index contributed by atoms with van der Waals surface area (Å²) in [6.45, 7) is 4.43. The zero-order chi connectivity index (χ0) is 12.3. The second-order valence-corrected chi connectivity index (χ2v) is 3.37. The molecule has 1 rings (SSSR count). The van der Waals surface area contributed by atoms with Crippen molar-refractivity contribution in [3.8, 4) is 0 Å². The Kier molecular flexibility index (Phi) is 6.33. The summed E-state index contributed by atoms with van der Waals surface area (Å²) in [7, 11) is 0. The van der Waals surface area contributed by atoms with Gasteiger partial charge in [0.25, 0.3) is 0 Å². The standard InChI is InChI=1S/C13H17NO3/c1-2-16-10-6-7-11-17-13(15)14-12-8-4-3-5-9-12/h2-5,8-9H,1,6-7,10-11H2,(H,14,15). The van der Waals surface area contributed by atoms with Crippen molar-refractivity contribution in [3.63, 3.8) is 0 Å². The number of carbonyl (C=O) groups excluding carboxylic acids is 1. The van der Waals surface area contributed by atoms with E-state index in [-0.39, 0.29) is 0 Å². The van der Waals surface area contributed by atoms with Crippen molar-refractivity contribution in [2.45, 2.75) is 12.8 Å². The summed E-state index contributed by atoms with van der Waals surface area (Å²) in [4.78, 5) is 11.3. The van der Waals surface area contributed by atoms with E-state index < -0.39 is 6.09 Å². The fourth-order valence-electron chi connectivity index (χ4n) is 1.21. The third-order valence-electron chi connectivity index (χ3n) is 2.03. The molecule has 0 aliphatic carbocycles. The lowest BCUT2D eigenvalue weighted by molar-refractivity contribution is 0.154. The second kappa shape index (κ2) is 8.21. The smallest absolute Gasteiger partial charge is 0.411 e. The predicted molar refractivity (Wildman–Crippen MR) is 66.8 cm³/mol. The Hall–Kier alpha value is -1.97. The fraction of sp³-hybridized carbons (Fsp3) is 0.308. The van der Waals surface area contributed by atoms with E-state index in [9.17, 15) is 4.79 Å². The fourth-order valence-corrected chi connectivity index (χ4v) is 1.21. The maximum absolute atomic E-state index is 11.3. The Morgan fingerprint density at radius 3 is 2.65 bits per heavy atom. The van der Waals surface area contributed by atoms with E-state index in [1.54, 1.807) is 12.1 Å². The van der Waals surface area contributed by atoms with Gasteiger partial charge in [-0.2, -0.15) is 0 Å². The van der Waals surface area contributed by atoms with Crippen molar-refractivity contribution >= 4 is 11.8 Å². The van der Waals surface area contributed by atoms with Crippen LogP contribution in [-0.2, 0) is 9.47 Å². The van der Waals surface area contributed by atoms with Crippen LogP contribution in [0.25, 0.3) is 0 Å². The van der Waals surface area contributed by atoms with Crippen molar-refractivity contribution in [1.29, 1.82) is 0 Å². The summed E-state index contributed by atoms with van der Waals surface area (Å²) in [6, 6.07) is 9.19. The molecule has 0 saturated carbocycles. The molecule has 4 heteroatoms. The van der Waals surface area contributed by atoms with E-state index in [0.29, 0.717) is 13.2 Å². The van der Waals surface area contributed by atoms with E-state index in [1.807, 2.05) is 18.2 Å². The van der Waals surface area contributed by atoms with Crippen LogP contribution in [0.5, 0.6) is 0 Å². The summed E-state index contributed by atoms with van der Waals surface area (Å²) < 4.78 is 9.94. The van der Waals surface area contributed by atoms with Gasteiger partial charge >= 0.3 is 6.09 Å². The molecule has 0 unspecified atom stereocenters. The van der Waals surface area contributed by atoms with E-state index in [0.717, 1.165) is 18.5 Å². The SMILES string of the molecule is C=COCCCCOC(=O)Nc1ccccc1. The van der Waals surface area contributed by atoms with Crippen LogP contribution in [0.3, 0.4) is 0 Å². The van der Waals surface area contributed by atoms with Crippen LogP contribution in [-0.4, -0.2) is 19.3 Å². The molecule has 1 aromatic carbocycles. The van der Waals surface area contributed by atoms with Gasteiger partial charge in [-0.3, -0.25) is 5.32 Å². The van der Waals surface area contributed by atoms with Crippen molar-refractivity contribution < 1.29 is 14.3 Å². The largest absolute Gasteiger partial charge is 0.502 e. The molecular formula is C13H17NO3. The normalized spacial score (nSPS) is 9.41. The molecule has 0 spiro atoms. The summed E-state index contributed by atoms with van der Waals surface area (Å²) in [5.41, 5.74) is 0.729. The zero-order valence-electron chi connectivity index (χ0n) is 9.72. The van der Waals surface area contributed by atoms with Crippen LogP contribution in [0.4, 0.5) is 10.5 Å². The molecule has 0 aromatic heterocycles. The first kappa shape index (κ1) is 13.1. The predicted octanol–water partition coefficient (Wildman–Crippen LogP) is 3.18. The molecule has 4 nitrogen and oxygen atoms in total. The van der Waals surface area contributed by atoms with Gasteiger partial charge < -0.3 is 9.47 Å².